The van der Waals surface area contributed by atoms with Gasteiger partial charge in [-0.15, -0.1) is 0 Å². The molecule has 108 valence electrons. The molecule has 2 N–H and O–H groups in total. The van der Waals surface area contributed by atoms with Crippen LogP contribution in [0, 0.1) is 22.7 Å². The zero-order valence-electron chi connectivity index (χ0n) is 12.8. The Kier molecular flexibility index (Phi) is 4.98. The lowest BCUT2D eigenvalue weighted by atomic mass is 9.87. The monoisotopic (exact) mass is 265 g/mol. The zero-order valence-corrected chi connectivity index (χ0v) is 12.8. The van der Waals surface area contributed by atoms with Crippen LogP contribution in [0.5, 0.6) is 0 Å². The van der Waals surface area contributed by atoms with Crippen LogP contribution in [0.2, 0.25) is 0 Å². The van der Waals surface area contributed by atoms with Crippen molar-refractivity contribution in [2.45, 2.75) is 65.5 Å². The zero-order chi connectivity index (χ0) is 14.7. The Morgan fingerprint density at radius 1 is 1.53 bits per heavy atom. The van der Waals surface area contributed by atoms with Crippen LogP contribution >= 0.6 is 0 Å². The number of amides is 1. The number of rotatable bonds is 5. The highest BCUT2D eigenvalue weighted by Gasteiger charge is 2.35. The molecule has 0 aliphatic heterocycles. The SMILES string of the molecule is CC(C)C(C)(C#N)NC(=O)CNC1CCCC1(C)C. The molecule has 0 spiro atoms. The van der Waals surface area contributed by atoms with Crippen molar-refractivity contribution in [2.75, 3.05) is 6.54 Å². The van der Waals surface area contributed by atoms with Gasteiger partial charge in [0.2, 0.25) is 5.91 Å². The maximum atomic E-state index is 12.0. The van der Waals surface area contributed by atoms with E-state index in [4.69, 9.17) is 0 Å². The molecule has 1 rings (SSSR count). The number of nitrogens with zero attached hydrogens (tertiary/aromatic N) is 1. The van der Waals surface area contributed by atoms with Crippen molar-refractivity contribution in [3.8, 4) is 6.07 Å². The van der Waals surface area contributed by atoms with E-state index in [1.807, 2.05) is 13.8 Å². The molecule has 0 aromatic rings. The number of hydrogen-bond donors (Lipinski definition) is 2. The van der Waals surface area contributed by atoms with Gasteiger partial charge >= 0.3 is 0 Å². The third kappa shape index (κ3) is 3.94. The van der Waals surface area contributed by atoms with Gasteiger partial charge in [0.25, 0.3) is 0 Å². The Labute approximate surface area is 116 Å². The van der Waals surface area contributed by atoms with E-state index in [0.717, 1.165) is 6.42 Å². The summed E-state index contributed by atoms with van der Waals surface area (Å²) in [6, 6.07) is 2.59. The van der Waals surface area contributed by atoms with Gasteiger partial charge in [-0.3, -0.25) is 4.79 Å². The molecular formula is C15H27N3O. The fourth-order valence-corrected chi connectivity index (χ4v) is 2.56. The molecule has 1 aliphatic carbocycles. The largest absolute Gasteiger partial charge is 0.337 e. The van der Waals surface area contributed by atoms with Gasteiger partial charge in [-0.2, -0.15) is 5.26 Å². The maximum absolute atomic E-state index is 12.0. The molecule has 1 saturated carbocycles. The molecular weight excluding hydrogens is 238 g/mol. The third-order valence-corrected chi connectivity index (χ3v) is 4.55. The molecule has 0 radical (unpaired) electrons. The second-order valence-corrected chi connectivity index (χ2v) is 6.83. The van der Waals surface area contributed by atoms with Crippen LogP contribution in [-0.2, 0) is 4.79 Å². The smallest absolute Gasteiger partial charge is 0.235 e. The topological polar surface area (TPSA) is 64.9 Å². The van der Waals surface area contributed by atoms with Crippen molar-refractivity contribution in [3.63, 3.8) is 0 Å². The molecule has 1 amide bonds. The van der Waals surface area contributed by atoms with Crippen molar-refractivity contribution in [1.29, 1.82) is 5.26 Å². The van der Waals surface area contributed by atoms with E-state index in [0.29, 0.717) is 6.04 Å². The second-order valence-electron chi connectivity index (χ2n) is 6.83. The minimum Gasteiger partial charge on any atom is -0.337 e. The van der Waals surface area contributed by atoms with Gasteiger partial charge < -0.3 is 10.6 Å². The second kappa shape index (κ2) is 5.92. The van der Waals surface area contributed by atoms with Crippen LogP contribution in [0.4, 0.5) is 0 Å². The van der Waals surface area contributed by atoms with Crippen LogP contribution in [0.25, 0.3) is 0 Å². The molecule has 2 atom stereocenters. The van der Waals surface area contributed by atoms with E-state index in [-0.39, 0.29) is 23.8 Å². The Morgan fingerprint density at radius 2 is 2.16 bits per heavy atom. The maximum Gasteiger partial charge on any atom is 0.235 e. The minimum absolute atomic E-state index is 0.0874. The summed E-state index contributed by atoms with van der Waals surface area (Å²) in [6.07, 6.45) is 3.54. The molecule has 4 heteroatoms. The molecule has 0 heterocycles. The molecule has 19 heavy (non-hydrogen) atoms. The predicted octanol–water partition coefficient (Wildman–Crippen LogP) is 2.21. The Balaban J connectivity index is 2.47. The van der Waals surface area contributed by atoms with E-state index in [1.54, 1.807) is 6.92 Å². The lowest BCUT2D eigenvalue weighted by molar-refractivity contribution is -0.122. The molecule has 1 aliphatic rings. The predicted molar refractivity (Wildman–Crippen MR) is 76.4 cm³/mol. The van der Waals surface area contributed by atoms with E-state index in [2.05, 4.69) is 30.6 Å². The highest BCUT2D eigenvalue weighted by Crippen LogP contribution is 2.36. The molecule has 0 saturated heterocycles. The first kappa shape index (κ1) is 16.0. The van der Waals surface area contributed by atoms with Crippen molar-refractivity contribution < 1.29 is 4.79 Å². The highest BCUT2D eigenvalue weighted by atomic mass is 16.2. The molecule has 4 nitrogen and oxygen atoms in total. The quantitative estimate of drug-likeness (QED) is 0.801. The Hall–Kier alpha value is -1.08. The van der Waals surface area contributed by atoms with E-state index in [1.165, 1.54) is 12.8 Å². The lowest BCUT2D eigenvalue weighted by Crippen LogP contribution is -2.52. The number of nitrogens with one attached hydrogen (secondary N) is 2. The first-order valence-electron chi connectivity index (χ1n) is 7.17. The van der Waals surface area contributed by atoms with Gasteiger partial charge in [0.1, 0.15) is 5.54 Å². The summed E-state index contributed by atoms with van der Waals surface area (Å²) in [4.78, 5) is 12.0. The summed E-state index contributed by atoms with van der Waals surface area (Å²) in [5, 5.41) is 15.3. The van der Waals surface area contributed by atoms with Crippen LogP contribution in [0.1, 0.15) is 53.9 Å². The summed E-state index contributed by atoms with van der Waals surface area (Å²) in [6.45, 7) is 10.4. The highest BCUT2D eigenvalue weighted by molar-refractivity contribution is 5.79. The fraction of sp³-hybridized carbons (Fsp3) is 0.867. The van der Waals surface area contributed by atoms with Crippen molar-refractivity contribution in [2.24, 2.45) is 11.3 Å². The van der Waals surface area contributed by atoms with Crippen molar-refractivity contribution >= 4 is 5.91 Å². The number of nitriles is 1. The molecule has 0 aromatic carbocycles. The van der Waals surface area contributed by atoms with Gasteiger partial charge in [0.05, 0.1) is 12.6 Å². The standard InChI is InChI=1S/C15H27N3O/c1-11(2)15(5,10-16)18-13(19)9-17-12-7-6-8-14(12,3)4/h11-12,17H,6-9H2,1-5H3,(H,18,19). The lowest BCUT2D eigenvalue weighted by Gasteiger charge is -2.30. The number of carbonyl (C=O) groups is 1. The van der Waals surface area contributed by atoms with Gasteiger partial charge in [-0.25, -0.2) is 0 Å². The molecule has 2 unspecified atom stereocenters. The van der Waals surface area contributed by atoms with Crippen LogP contribution in [0.15, 0.2) is 0 Å². The van der Waals surface area contributed by atoms with Gasteiger partial charge in [0, 0.05) is 6.04 Å². The first-order valence-corrected chi connectivity index (χ1v) is 7.17. The van der Waals surface area contributed by atoms with Crippen LogP contribution < -0.4 is 10.6 Å². The Morgan fingerprint density at radius 3 is 2.58 bits per heavy atom. The van der Waals surface area contributed by atoms with Crippen molar-refractivity contribution in [3.05, 3.63) is 0 Å². The molecule has 0 aromatic heterocycles. The van der Waals surface area contributed by atoms with Crippen molar-refractivity contribution in [1.82, 2.24) is 10.6 Å². The van der Waals surface area contributed by atoms with Gasteiger partial charge in [-0.05, 0) is 31.1 Å². The van der Waals surface area contributed by atoms with Gasteiger partial charge in [-0.1, -0.05) is 34.1 Å². The van der Waals surface area contributed by atoms with Crippen LogP contribution in [-0.4, -0.2) is 24.0 Å². The van der Waals surface area contributed by atoms with E-state index >= 15 is 0 Å². The number of carbonyl (C=O) groups excluding carboxylic acids is 1. The summed E-state index contributed by atoms with van der Waals surface area (Å²) in [5.41, 5.74) is -0.527. The fourth-order valence-electron chi connectivity index (χ4n) is 2.56. The first-order chi connectivity index (χ1) is 8.71. The third-order valence-electron chi connectivity index (χ3n) is 4.55. The molecule has 0 bridgehead atoms. The van der Waals surface area contributed by atoms with Gasteiger partial charge in [0.15, 0.2) is 0 Å². The average Bonchev–Trinajstić information content (AvgIpc) is 2.65. The number of hydrogen-bond acceptors (Lipinski definition) is 3. The summed E-state index contributed by atoms with van der Waals surface area (Å²) in [7, 11) is 0. The Bertz CT molecular complexity index is 370. The van der Waals surface area contributed by atoms with E-state index in [9.17, 15) is 10.1 Å². The average molecular weight is 265 g/mol. The summed E-state index contributed by atoms with van der Waals surface area (Å²) < 4.78 is 0. The summed E-state index contributed by atoms with van der Waals surface area (Å²) >= 11 is 0. The molecule has 1 fully saturated rings. The minimum atomic E-state index is -0.788. The van der Waals surface area contributed by atoms with Crippen LogP contribution in [0.3, 0.4) is 0 Å². The summed E-state index contributed by atoms with van der Waals surface area (Å²) in [5.74, 6) is -0.00942. The normalized spacial score (nSPS) is 24.8. The van der Waals surface area contributed by atoms with E-state index < -0.39 is 5.54 Å².